The Kier molecular flexibility index (Phi) is 5.62. The van der Waals surface area contributed by atoms with Gasteiger partial charge in [0.05, 0.1) is 18.6 Å². The Bertz CT molecular complexity index is 1840. The van der Waals surface area contributed by atoms with Gasteiger partial charge in [0, 0.05) is 0 Å². The summed E-state index contributed by atoms with van der Waals surface area (Å²) in [5.41, 5.74) is 7.07. The van der Waals surface area contributed by atoms with Crippen LogP contribution >= 0.6 is 0 Å². The topological polar surface area (TPSA) is 43.5 Å². The summed E-state index contributed by atoms with van der Waals surface area (Å²) >= 11 is 0. The molecule has 6 aromatic rings. The fourth-order valence-electron chi connectivity index (χ4n) is 6.95. The zero-order valence-electron chi connectivity index (χ0n) is 23.7. The Labute approximate surface area is 250 Å². The maximum atomic E-state index is 6.06. The van der Waals surface area contributed by atoms with E-state index in [0.717, 1.165) is 24.7 Å². The van der Waals surface area contributed by atoms with Gasteiger partial charge in [-0.15, -0.1) is 0 Å². The molecule has 0 aromatic heterocycles. The molecule has 1 aliphatic carbocycles. The van der Waals surface area contributed by atoms with E-state index < -0.39 is 5.41 Å². The van der Waals surface area contributed by atoms with Crippen LogP contribution in [0.25, 0.3) is 32.7 Å². The van der Waals surface area contributed by atoms with Gasteiger partial charge in [-0.1, -0.05) is 97.1 Å². The van der Waals surface area contributed by atoms with E-state index in [9.17, 15) is 0 Å². The smallest absolute Gasteiger partial charge is 0.119 e. The molecule has 0 amide bonds. The van der Waals surface area contributed by atoms with E-state index in [0.29, 0.717) is 13.2 Å². The molecule has 2 atom stereocenters. The minimum atomic E-state index is -0.533. The van der Waals surface area contributed by atoms with E-state index in [-0.39, 0.29) is 12.2 Å². The summed E-state index contributed by atoms with van der Waals surface area (Å²) in [6.07, 6.45) is 0.432. The quantitative estimate of drug-likeness (QED) is 0.177. The van der Waals surface area contributed by atoms with Crippen molar-refractivity contribution in [2.45, 2.75) is 17.6 Å². The predicted octanol–water partition coefficient (Wildman–Crippen LogP) is 7.91. The van der Waals surface area contributed by atoms with E-state index in [1.807, 2.05) is 0 Å². The second kappa shape index (κ2) is 9.70. The van der Waals surface area contributed by atoms with Crippen LogP contribution in [0.1, 0.15) is 22.3 Å². The van der Waals surface area contributed by atoms with Gasteiger partial charge in [0.2, 0.25) is 0 Å². The molecule has 0 spiro atoms. The first-order valence-corrected chi connectivity index (χ1v) is 15.0. The van der Waals surface area contributed by atoms with Crippen molar-refractivity contribution < 1.29 is 18.9 Å². The van der Waals surface area contributed by atoms with E-state index in [1.165, 1.54) is 54.9 Å². The van der Waals surface area contributed by atoms with Crippen LogP contribution in [0, 0.1) is 0 Å². The highest BCUT2D eigenvalue weighted by Gasteiger charge is 2.47. The van der Waals surface area contributed by atoms with Gasteiger partial charge in [-0.05, 0) is 79.2 Å². The number of benzene rings is 6. The summed E-state index contributed by atoms with van der Waals surface area (Å²) in [6.45, 7) is 2.73. The molecule has 0 saturated carbocycles. The van der Waals surface area contributed by atoms with Crippen LogP contribution in [0.4, 0.5) is 0 Å². The number of ether oxygens (including phenoxy) is 4. The number of fused-ring (bicyclic) bond motifs is 7. The highest BCUT2D eigenvalue weighted by Crippen LogP contribution is 2.59. The SMILES string of the molecule is c1ccc2c3c(ccc2c1)C(c1ccc(OCC2CO2)cc1)(c1ccc(OCC2CO2)cc1)c1ccc2ccccc2c1-3. The molecule has 0 N–H and O–H groups in total. The van der Waals surface area contributed by atoms with Crippen LogP contribution in [0.3, 0.4) is 0 Å². The lowest BCUT2D eigenvalue weighted by Gasteiger charge is -2.34. The second-order valence-electron chi connectivity index (χ2n) is 11.7. The van der Waals surface area contributed by atoms with Crippen molar-refractivity contribution in [2.75, 3.05) is 26.4 Å². The molecule has 4 heteroatoms. The molecule has 4 nitrogen and oxygen atoms in total. The lowest BCUT2D eigenvalue weighted by Crippen LogP contribution is -2.28. The first-order valence-electron chi connectivity index (χ1n) is 15.0. The summed E-state index contributed by atoms with van der Waals surface area (Å²) < 4.78 is 22.8. The molecule has 2 unspecified atom stereocenters. The Morgan fingerprint density at radius 3 is 1.35 bits per heavy atom. The van der Waals surface area contributed by atoms with Gasteiger partial charge < -0.3 is 18.9 Å². The average Bonchev–Trinajstić information content (AvgIpc) is 4.01. The highest BCUT2D eigenvalue weighted by molar-refractivity contribution is 6.12. The zero-order valence-corrected chi connectivity index (χ0v) is 23.7. The van der Waals surface area contributed by atoms with Crippen molar-refractivity contribution in [1.29, 1.82) is 0 Å². The third-order valence-electron chi connectivity index (χ3n) is 9.17. The Hall–Kier alpha value is -4.64. The first-order chi connectivity index (χ1) is 21.3. The van der Waals surface area contributed by atoms with Crippen molar-refractivity contribution >= 4 is 21.5 Å². The molecule has 0 radical (unpaired) electrons. The van der Waals surface area contributed by atoms with Crippen molar-refractivity contribution in [2.24, 2.45) is 0 Å². The third kappa shape index (κ3) is 4.05. The summed E-state index contributed by atoms with van der Waals surface area (Å²) in [6, 6.07) is 44.1. The largest absolute Gasteiger partial charge is 0.491 e. The average molecular weight is 563 g/mol. The van der Waals surface area contributed by atoms with Gasteiger partial charge in [0.25, 0.3) is 0 Å². The molecule has 43 heavy (non-hydrogen) atoms. The van der Waals surface area contributed by atoms with Crippen LogP contribution in [0.15, 0.2) is 121 Å². The van der Waals surface area contributed by atoms with Crippen LogP contribution in [0.2, 0.25) is 0 Å². The zero-order chi connectivity index (χ0) is 28.4. The lowest BCUT2D eigenvalue weighted by atomic mass is 9.67. The van der Waals surface area contributed by atoms with Crippen LogP contribution in [-0.2, 0) is 14.9 Å². The summed E-state index contributed by atoms with van der Waals surface area (Å²) in [5.74, 6) is 1.71. The van der Waals surface area contributed by atoms with Gasteiger partial charge in [-0.25, -0.2) is 0 Å². The molecule has 2 heterocycles. The van der Waals surface area contributed by atoms with Gasteiger partial charge in [0.1, 0.15) is 36.9 Å². The predicted molar refractivity (Wildman–Crippen MR) is 169 cm³/mol. The molecule has 9 rings (SSSR count). The molecule has 6 aromatic carbocycles. The van der Waals surface area contributed by atoms with E-state index >= 15 is 0 Å². The lowest BCUT2D eigenvalue weighted by molar-refractivity contribution is 0.263. The normalized spacial score (nSPS) is 19.2. The minimum Gasteiger partial charge on any atom is -0.491 e. The maximum absolute atomic E-state index is 6.06. The standard InChI is InChI=1S/C39H30O4/c1-3-7-33-25(5-1)9-19-35-37(33)38-34-8-4-2-6-26(34)10-20-36(38)39(35,27-11-15-29(16-12-27)40-21-31-23-42-31)28-13-17-30(18-14-28)41-22-32-24-43-32/h1-20,31-32H,21-24H2. The Morgan fingerprint density at radius 2 is 0.930 bits per heavy atom. The number of hydrogen-bond acceptors (Lipinski definition) is 4. The van der Waals surface area contributed by atoms with Crippen LogP contribution in [0.5, 0.6) is 11.5 Å². The fraction of sp³-hybridized carbons (Fsp3) is 0.179. The number of rotatable bonds is 8. The van der Waals surface area contributed by atoms with E-state index in [4.69, 9.17) is 18.9 Å². The van der Waals surface area contributed by atoms with Crippen LogP contribution < -0.4 is 9.47 Å². The molecule has 2 fully saturated rings. The summed E-state index contributed by atoms with van der Waals surface area (Å²) in [4.78, 5) is 0. The van der Waals surface area contributed by atoms with Crippen molar-refractivity contribution in [1.82, 2.24) is 0 Å². The fourth-order valence-corrected chi connectivity index (χ4v) is 6.95. The molecule has 3 aliphatic rings. The Morgan fingerprint density at radius 1 is 0.512 bits per heavy atom. The van der Waals surface area contributed by atoms with Gasteiger partial charge in [-0.3, -0.25) is 0 Å². The molecule has 210 valence electrons. The van der Waals surface area contributed by atoms with Gasteiger partial charge in [0.15, 0.2) is 0 Å². The number of epoxide rings is 2. The molecule has 0 bridgehead atoms. The third-order valence-corrected chi connectivity index (χ3v) is 9.17. The van der Waals surface area contributed by atoms with E-state index in [1.54, 1.807) is 0 Å². The molecular formula is C39H30O4. The van der Waals surface area contributed by atoms with Crippen molar-refractivity contribution in [3.8, 4) is 22.6 Å². The van der Waals surface area contributed by atoms with Crippen molar-refractivity contribution in [3.05, 3.63) is 144 Å². The highest BCUT2D eigenvalue weighted by atomic mass is 16.6. The minimum absolute atomic E-state index is 0.216. The summed E-state index contributed by atoms with van der Waals surface area (Å²) in [5, 5.41) is 5.03. The van der Waals surface area contributed by atoms with E-state index in [2.05, 4.69) is 121 Å². The molecular weight excluding hydrogens is 532 g/mol. The monoisotopic (exact) mass is 562 g/mol. The van der Waals surface area contributed by atoms with Gasteiger partial charge >= 0.3 is 0 Å². The van der Waals surface area contributed by atoms with Crippen molar-refractivity contribution in [3.63, 3.8) is 0 Å². The van der Waals surface area contributed by atoms with Crippen LogP contribution in [-0.4, -0.2) is 38.6 Å². The summed E-state index contributed by atoms with van der Waals surface area (Å²) in [7, 11) is 0. The number of hydrogen-bond donors (Lipinski definition) is 0. The molecule has 2 aliphatic heterocycles. The maximum Gasteiger partial charge on any atom is 0.119 e. The second-order valence-corrected chi connectivity index (χ2v) is 11.7. The Balaban J connectivity index is 1.31. The van der Waals surface area contributed by atoms with Gasteiger partial charge in [-0.2, -0.15) is 0 Å². The first kappa shape index (κ1) is 24.9. The molecule has 2 saturated heterocycles.